The van der Waals surface area contributed by atoms with Gasteiger partial charge in [-0.1, -0.05) is 0 Å². The molecule has 0 bridgehead atoms. The fourth-order valence-corrected chi connectivity index (χ4v) is 1.55. The maximum absolute atomic E-state index is 5.22. The molecule has 2 nitrogen and oxygen atoms in total. The summed E-state index contributed by atoms with van der Waals surface area (Å²) in [7, 11) is 2.19. The van der Waals surface area contributed by atoms with Crippen LogP contribution in [-0.2, 0) is 0 Å². The summed E-state index contributed by atoms with van der Waals surface area (Å²) in [5.74, 6) is 2.69. The van der Waals surface area contributed by atoms with Crippen LogP contribution in [-0.4, -0.2) is 49.6 Å². The first-order valence-electron chi connectivity index (χ1n) is 4.67. The van der Waals surface area contributed by atoms with Crippen LogP contribution in [0.3, 0.4) is 0 Å². The monoisotopic (exact) mass is 166 g/mol. The van der Waals surface area contributed by atoms with E-state index < -0.39 is 0 Å². The van der Waals surface area contributed by atoms with Crippen LogP contribution in [0.25, 0.3) is 0 Å². The average molecular weight is 166 g/mol. The number of hydrogen-bond acceptors (Lipinski definition) is 2. The standard InChI is InChI=1S/C10H18N2/c1-3-4-7-12-8-5-6-11(2)9-10-12/h1H,4-10H2,2H3. The van der Waals surface area contributed by atoms with Gasteiger partial charge in [0, 0.05) is 26.1 Å². The number of hydrogen-bond donors (Lipinski definition) is 0. The Labute approximate surface area is 75.5 Å². The summed E-state index contributed by atoms with van der Waals surface area (Å²) in [5.41, 5.74) is 0. The second-order valence-electron chi connectivity index (χ2n) is 3.45. The molecule has 0 amide bonds. The van der Waals surface area contributed by atoms with Crippen molar-refractivity contribution in [2.75, 3.05) is 39.8 Å². The maximum atomic E-state index is 5.22. The fourth-order valence-electron chi connectivity index (χ4n) is 1.55. The van der Waals surface area contributed by atoms with Gasteiger partial charge in [0.15, 0.2) is 0 Å². The van der Waals surface area contributed by atoms with Gasteiger partial charge in [0.1, 0.15) is 0 Å². The molecule has 0 radical (unpaired) electrons. The molecule has 68 valence electrons. The van der Waals surface area contributed by atoms with E-state index in [9.17, 15) is 0 Å². The van der Waals surface area contributed by atoms with Crippen molar-refractivity contribution in [3.8, 4) is 12.3 Å². The fraction of sp³-hybridized carbons (Fsp3) is 0.800. The first-order valence-corrected chi connectivity index (χ1v) is 4.67. The van der Waals surface area contributed by atoms with Gasteiger partial charge in [-0.05, 0) is 26.6 Å². The lowest BCUT2D eigenvalue weighted by atomic mass is 10.3. The van der Waals surface area contributed by atoms with Crippen LogP contribution in [0.1, 0.15) is 12.8 Å². The highest BCUT2D eigenvalue weighted by atomic mass is 15.2. The predicted molar refractivity (Wildman–Crippen MR) is 52.0 cm³/mol. The Hall–Kier alpha value is -0.520. The highest BCUT2D eigenvalue weighted by Crippen LogP contribution is 2.00. The Kier molecular flexibility index (Phi) is 4.13. The van der Waals surface area contributed by atoms with Gasteiger partial charge < -0.3 is 9.80 Å². The molecule has 0 aliphatic carbocycles. The van der Waals surface area contributed by atoms with Crippen LogP contribution in [0.5, 0.6) is 0 Å². The summed E-state index contributed by atoms with van der Waals surface area (Å²) in [5, 5.41) is 0. The van der Waals surface area contributed by atoms with E-state index in [2.05, 4.69) is 22.8 Å². The summed E-state index contributed by atoms with van der Waals surface area (Å²) >= 11 is 0. The highest BCUT2D eigenvalue weighted by Gasteiger charge is 2.10. The summed E-state index contributed by atoms with van der Waals surface area (Å²) in [6.45, 7) is 5.88. The molecule has 1 fully saturated rings. The average Bonchev–Trinajstić information content (AvgIpc) is 2.27. The molecule has 0 aromatic rings. The molecule has 0 spiro atoms. The van der Waals surface area contributed by atoms with Gasteiger partial charge in [-0.15, -0.1) is 12.3 Å². The lowest BCUT2D eigenvalue weighted by molar-refractivity contribution is 0.282. The van der Waals surface area contributed by atoms with Gasteiger partial charge in [-0.25, -0.2) is 0 Å². The van der Waals surface area contributed by atoms with E-state index in [-0.39, 0.29) is 0 Å². The Balaban J connectivity index is 2.22. The summed E-state index contributed by atoms with van der Waals surface area (Å²) < 4.78 is 0. The smallest absolute Gasteiger partial charge is 0.0214 e. The molecule has 1 aliphatic heterocycles. The zero-order chi connectivity index (χ0) is 8.81. The van der Waals surface area contributed by atoms with Crippen LogP contribution >= 0.6 is 0 Å². The van der Waals surface area contributed by atoms with Crippen molar-refractivity contribution >= 4 is 0 Å². The van der Waals surface area contributed by atoms with Crippen molar-refractivity contribution in [2.24, 2.45) is 0 Å². The van der Waals surface area contributed by atoms with Crippen LogP contribution < -0.4 is 0 Å². The minimum Gasteiger partial charge on any atom is -0.305 e. The van der Waals surface area contributed by atoms with E-state index in [1.165, 1.54) is 32.6 Å². The first-order chi connectivity index (χ1) is 5.83. The Morgan fingerprint density at radius 1 is 1.25 bits per heavy atom. The van der Waals surface area contributed by atoms with Crippen LogP contribution in [0.2, 0.25) is 0 Å². The number of terminal acetylenes is 1. The van der Waals surface area contributed by atoms with E-state index in [0.717, 1.165) is 13.0 Å². The van der Waals surface area contributed by atoms with Gasteiger partial charge >= 0.3 is 0 Å². The zero-order valence-electron chi connectivity index (χ0n) is 7.92. The van der Waals surface area contributed by atoms with Crippen molar-refractivity contribution < 1.29 is 0 Å². The highest BCUT2D eigenvalue weighted by molar-refractivity contribution is 4.85. The van der Waals surface area contributed by atoms with Crippen molar-refractivity contribution in [3.05, 3.63) is 0 Å². The van der Waals surface area contributed by atoms with Gasteiger partial charge in [-0.2, -0.15) is 0 Å². The lowest BCUT2D eigenvalue weighted by Crippen LogP contribution is -2.29. The molecule has 0 aromatic carbocycles. The molecule has 0 saturated carbocycles. The number of nitrogens with zero attached hydrogens (tertiary/aromatic N) is 2. The normalized spacial score (nSPS) is 21.7. The molecule has 12 heavy (non-hydrogen) atoms. The van der Waals surface area contributed by atoms with Crippen LogP contribution in [0, 0.1) is 12.3 Å². The Morgan fingerprint density at radius 2 is 2.08 bits per heavy atom. The molecule has 1 rings (SSSR count). The molecule has 0 aromatic heterocycles. The molecule has 1 heterocycles. The molecule has 2 heteroatoms. The van der Waals surface area contributed by atoms with Gasteiger partial charge in [-0.3, -0.25) is 0 Å². The second-order valence-corrected chi connectivity index (χ2v) is 3.45. The predicted octanol–water partition coefficient (Wildman–Crippen LogP) is 0.647. The Morgan fingerprint density at radius 3 is 2.83 bits per heavy atom. The van der Waals surface area contributed by atoms with Gasteiger partial charge in [0.2, 0.25) is 0 Å². The van der Waals surface area contributed by atoms with E-state index in [1.807, 2.05) is 0 Å². The van der Waals surface area contributed by atoms with E-state index >= 15 is 0 Å². The molecule has 1 saturated heterocycles. The van der Waals surface area contributed by atoms with Crippen molar-refractivity contribution in [1.82, 2.24) is 9.80 Å². The van der Waals surface area contributed by atoms with Crippen LogP contribution in [0.15, 0.2) is 0 Å². The SMILES string of the molecule is C#CCCN1CCCN(C)CC1. The van der Waals surface area contributed by atoms with E-state index in [4.69, 9.17) is 6.42 Å². The topological polar surface area (TPSA) is 6.48 Å². The maximum Gasteiger partial charge on any atom is 0.0214 e. The van der Waals surface area contributed by atoms with E-state index in [0.29, 0.717) is 0 Å². The minimum absolute atomic E-state index is 0.893. The van der Waals surface area contributed by atoms with Crippen molar-refractivity contribution in [1.29, 1.82) is 0 Å². The molecule has 1 aliphatic rings. The minimum atomic E-state index is 0.893. The number of likely N-dealkylation sites (N-methyl/N-ethyl adjacent to an activating group) is 1. The summed E-state index contributed by atoms with van der Waals surface area (Å²) in [6.07, 6.45) is 7.40. The third-order valence-corrected chi connectivity index (χ3v) is 2.38. The van der Waals surface area contributed by atoms with Crippen molar-refractivity contribution in [2.45, 2.75) is 12.8 Å². The first kappa shape index (κ1) is 9.57. The lowest BCUT2D eigenvalue weighted by Gasteiger charge is -2.18. The quantitative estimate of drug-likeness (QED) is 0.556. The zero-order valence-corrected chi connectivity index (χ0v) is 7.92. The summed E-state index contributed by atoms with van der Waals surface area (Å²) in [4.78, 5) is 4.85. The van der Waals surface area contributed by atoms with Gasteiger partial charge in [0.25, 0.3) is 0 Å². The summed E-state index contributed by atoms with van der Waals surface area (Å²) in [6, 6.07) is 0. The molecular formula is C10H18N2. The van der Waals surface area contributed by atoms with Gasteiger partial charge in [0.05, 0.1) is 0 Å². The molecular weight excluding hydrogens is 148 g/mol. The number of rotatable bonds is 2. The second kappa shape index (κ2) is 5.18. The third kappa shape index (κ3) is 3.25. The molecule has 0 atom stereocenters. The van der Waals surface area contributed by atoms with Crippen molar-refractivity contribution in [3.63, 3.8) is 0 Å². The Bertz CT molecular complexity index is 160. The molecule has 0 unspecified atom stereocenters. The third-order valence-electron chi connectivity index (χ3n) is 2.38. The largest absolute Gasteiger partial charge is 0.305 e. The van der Waals surface area contributed by atoms with Crippen LogP contribution in [0.4, 0.5) is 0 Å². The van der Waals surface area contributed by atoms with E-state index in [1.54, 1.807) is 0 Å². The molecule has 0 N–H and O–H groups in total.